The van der Waals surface area contributed by atoms with E-state index >= 15 is 0 Å². The molecule has 3 rings (SSSR count). The maximum absolute atomic E-state index is 11.7. The van der Waals surface area contributed by atoms with Crippen LogP contribution in [0.4, 0.5) is 5.95 Å². The third-order valence-electron chi connectivity index (χ3n) is 2.92. The van der Waals surface area contributed by atoms with Crippen LogP contribution in [0, 0.1) is 0 Å². The van der Waals surface area contributed by atoms with Gasteiger partial charge in [-0.15, -0.1) is 0 Å². The summed E-state index contributed by atoms with van der Waals surface area (Å²) in [5.74, 6) is 0.564. The fraction of sp³-hybridized carbons (Fsp3) is 0.364. The summed E-state index contributed by atoms with van der Waals surface area (Å²) in [6.45, 7) is 0.704. The number of nitrogens with one attached hydrogen (secondary N) is 2. The van der Waals surface area contributed by atoms with Gasteiger partial charge in [0.25, 0.3) is 0 Å². The smallest absolute Gasteiger partial charge is 0.242 e. The molecule has 1 amide bonds. The summed E-state index contributed by atoms with van der Waals surface area (Å²) >= 11 is 5.88. The highest BCUT2D eigenvalue weighted by molar-refractivity contribution is 6.28. The Morgan fingerprint density at radius 1 is 1.40 bits per heavy atom. The van der Waals surface area contributed by atoms with Gasteiger partial charge in [-0.3, -0.25) is 9.36 Å². The van der Waals surface area contributed by atoms with Gasteiger partial charge in [0.2, 0.25) is 23.1 Å². The normalized spacial score (nSPS) is 18.6. The molecule has 0 saturated carbocycles. The summed E-state index contributed by atoms with van der Waals surface area (Å²) in [6.07, 6.45) is 6.51. The minimum atomic E-state index is -0.349. The van der Waals surface area contributed by atoms with Gasteiger partial charge in [0.05, 0.1) is 0 Å². The zero-order chi connectivity index (χ0) is 13.9. The van der Waals surface area contributed by atoms with Crippen molar-refractivity contribution in [2.75, 3.05) is 11.9 Å². The third-order valence-corrected chi connectivity index (χ3v) is 3.09. The molecule has 2 aromatic heterocycles. The standard InChI is InChI=1S/C11H12ClN7O/c12-9-16-10(15-7-2-1-3-14-8(7)20)18-11(17-9)19-5-4-13-6-19/h4-7H,1-3H2,(H,14,20)(H,15,16,17,18). The predicted octanol–water partition coefficient (Wildman–Crippen LogP) is 0.401. The molecule has 1 aliphatic heterocycles. The van der Waals surface area contributed by atoms with Crippen LogP contribution in [0.2, 0.25) is 5.28 Å². The monoisotopic (exact) mass is 293 g/mol. The SMILES string of the molecule is O=C1NCCCC1Nc1nc(Cl)nc(-n2ccnc2)n1. The Kier molecular flexibility index (Phi) is 3.46. The minimum absolute atomic E-state index is 0.0578. The maximum atomic E-state index is 11.7. The number of halogens is 1. The van der Waals surface area contributed by atoms with Crippen molar-refractivity contribution in [3.63, 3.8) is 0 Å². The number of aromatic nitrogens is 5. The van der Waals surface area contributed by atoms with E-state index in [1.165, 1.54) is 0 Å². The molecule has 2 N–H and O–H groups in total. The molecule has 1 unspecified atom stereocenters. The van der Waals surface area contributed by atoms with Crippen LogP contribution in [0.25, 0.3) is 5.95 Å². The summed E-state index contributed by atoms with van der Waals surface area (Å²) in [4.78, 5) is 27.9. The lowest BCUT2D eigenvalue weighted by atomic mass is 10.1. The van der Waals surface area contributed by atoms with E-state index in [2.05, 4.69) is 30.6 Å². The van der Waals surface area contributed by atoms with Gasteiger partial charge < -0.3 is 10.6 Å². The van der Waals surface area contributed by atoms with E-state index in [4.69, 9.17) is 11.6 Å². The van der Waals surface area contributed by atoms with E-state index in [1.54, 1.807) is 23.3 Å². The molecular formula is C11H12ClN7O. The minimum Gasteiger partial charge on any atom is -0.354 e. The predicted molar refractivity (Wildman–Crippen MR) is 71.6 cm³/mol. The van der Waals surface area contributed by atoms with Crippen LogP contribution in [0.5, 0.6) is 0 Å². The number of nitrogens with zero attached hydrogens (tertiary/aromatic N) is 5. The topological polar surface area (TPSA) is 97.6 Å². The van der Waals surface area contributed by atoms with Gasteiger partial charge in [-0.25, -0.2) is 4.98 Å². The maximum Gasteiger partial charge on any atom is 0.242 e. The van der Waals surface area contributed by atoms with Gasteiger partial charge in [-0.2, -0.15) is 15.0 Å². The molecule has 1 atom stereocenters. The van der Waals surface area contributed by atoms with Crippen LogP contribution in [0.1, 0.15) is 12.8 Å². The summed E-state index contributed by atoms with van der Waals surface area (Å²) < 4.78 is 1.61. The van der Waals surface area contributed by atoms with Gasteiger partial charge in [0.15, 0.2) is 0 Å². The first-order valence-electron chi connectivity index (χ1n) is 6.16. The van der Waals surface area contributed by atoms with Crippen molar-refractivity contribution in [1.82, 2.24) is 29.8 Å². The molecule has 1 saturated heterocycles. The van der Waals surface area contributed by atoms with Gasteiger partial charge in [0.1, 0.15) is 12.4 Å². The molecule has 1 fully saturated rings. The molecule has 8 nitrogen and oxygen atoms in total. The molecule has 104 valence electrons. The number of piperidine rings is 1. The average Bonchev–Trinajstić information content (AvgIpc) is 2.95. The second-order valence-electron chi connectivity index (χ2n) is 4.33. The van der Waals surface area contributed by atoms with E-state index in [0.717, 1.165) is 12.8 Å². The second-order valence-corrected chi connectivity index (χ2v) is 4.67. The van der Waals surface area contributed by atoms with Crippen LogP contribution in [0.15, 0.2) is 18.7 Å². The number of anilines is 1. The first-order chi connectivity index (χ1) is 9.72. The Hall–Kier alpha value is -2.22. The number of carbonyl (C=O) groups excluding carboxylic acids is 1. The lowest BCUT2D eigenvalue weighted by molar-refractivity contribution is -0.123. The van der Waals surface area contributed by atoms with Crippen molar-refractivity contribution in [1.29, 1.82) is 0 Å². The molecule has 20 heavy (non-hydrogen) atoms. The van der Waals surface area contributed by atoms with Crippen molar-refractivity contribution in [2.24, 2.45) is 0 Å². The van der Waals surface area contributed by atoms with Gasteiger partial charge in [-0.1, -0.05) is 0 Å². The Bertz CT molecular complexity index is 615. The van der Waals surface area contributed by atoms with Crippen molar-refractivity contribution in [3.05, 3.63) is 24.0 Å². The molecule has 0 aromatic carbocycles. The van der Waals surface area contributed by atoms with Gasteiger partial charge in [0, 0.05) is 18.9 Å². The average molecular weight is 294 g/mol. The number of hydrogen-bond acceptors (Lipinski definition) is 6. The highest BCUT2D eigenvalue weighted by Gasteiger charge is 2.23. The van der Waals surface area contributed by atoms with Crippen molar-refractivity contribution in [3.8, 4) is 5.95 Å². The van der Waals surface area contributed by atoms with E-state index < -0.39 is 0 Å². The fourth-order valence-electron chi connectivity index (χ4n) is 1.96. The molecular weight excluding hydrogens is 282 g/mol. The van der Waals surface area contributed by atoms with Gasteiger partial charge >= 0.3 is 0 Å². The Morgan fingerprint density at radius 2 is 2.30 bits per heavy atom. The zero-order valence-electron chi connectivity index (χ0n) is 10.5. The Labute approximate surface area is 119 Å². The lowest BCUT2D eigenvalue weighted by Gasteiger charge is -2.22. The van der Waals surface area contributed by atoms with Crippen LogP contribution < -0.4 is 10.6 Å². The Morgan fingerprint density at radius 3 is 3.05 bits per heavy atom. The van der Waals surface area contributed by atoms with Crippen LogP contribution >= 0.6 is 11.6 Å². The molecule has 0 spiro atoms. The highest BCUT2D eigenvalue weighted by Crippen LogP contribution is 2.13. The third kappa shape index (κ3) is 2.69. The summed E-state index contributed by atoms with van der Waals surface area (Å²) in [7, 11) is 0. The molecule has 2 aromatic rings. The Balaban J connectivity index is 1.84. The molecule has 9 heteroatoms. The van der Waals surface area contributed by atoms with Crippen molar-refractivity contribution < 1.29 is 4.79 Å². The summed E-state index contributed by atoms with van der Waals surface area (Å²) in [5.41, 5.74) is 0. The van der Waals surface area contributed by atoms with Crippen molar-refractivity contribution in [2.45, 2.75) is 18.9 Å². The van der Waals surface area contributed by atoms with Crippen LogP contribution in [-0.2, 0) is 4.79 Å². The van der Waals surface area contributed by atoms with Crippen molar-refractivity contribution >= 4 is 23.5 Å². The van der Waals surface area contributed by atoms with Gasteiger partial charge in [-0.05, 0) is 24.4 Å². The summed E-state index contributed by atoms with van der Waals surface area (Å²) in [5, 5.41) is 5.83. The lowest BCUT2D eigenvalue weighted by Crippen LogP contribution is -2.44. The molecule has 3 heterocycles. The first kappa shape index (κ1) is 12.8. The number of imidazole rings is 1. The van der Waals surface area contributed by atoms with Crippen LogP contribution in [-0.4, -0.2) is 43.0 Å². The number of carbonyl (C=O) groups is 1. The van der Waals surface area contributed by atoms with Crippen LogP contribution in [0.3, 0.4) is 0 Å². The summed E-state index contributed by atoms with van der Waals surface area (Å²) in [6, 6.07) is -0.349. The molecule has 0 bridgehead atoms. The number of amides is 1. The second kappa shape index (κ2) is 5.41. The largest absolute Gasteiger partial charge is 0.354 e. The van der Waals surface area contributed by atoms with E-state index in [9.17, 15) is 4.79 Å². The first-order valence-corrected chi connectivity index (χ1v) is 6.54. The number of rotatable bonds is 3. The molecule has 1 aliphatic rings. The number of hydrogen-bond donors (Lipinski definition) is 2. The van der Waals surface area contributed by atoms with E-state index in [1.807, 2.05) is 0 Å². The molecule has 0 radical (unpaired) electrons. The van der Waals surface area contributed by atoms with E-state index in [-0.39, 0.29) is 23.2 Å². The molecule has 0 aliphatic carbocycles. The quantitative estimate of drug-likeness (QED) is 0.850. The van der Waals surface area contributed by atoms with E-state index in [0.29, 0.717) is 12.5 Å². The fourth-order valence-corrected chi connectivity index (χ4v) is 2.12. The zero-order valence-corrected chi connectivity index (χ0v) is 11.2. The highest BCUT2D eigenvalue weighted by atomic mass is 35.5.